The lowest BCUT2D eigenvalue weighted by Crippen LogP contribution is -1.84. The third-order valence-electron chi connectivity index (χ3n) is 3.30. The monoisotopic (exact) mass is 297 g/mol. The van der Waals surface area contributed by atoms with E-state index in [9.17, 15) is 5.11 Å². The Balaban J connectivity index is 2.08. The highest BCUT2D eigenvalue weighted by Crippen LogP contribution is 2.49. The third-order valence-corrected chi connectivity index (χ3v) is 5.53. The molecular formula is C16H11NOS2. The summed E-state index contributed by atoms with van der Waals surface area (Å²) in [6, 6.07) is 16.7. The van der Waals surface area contributed by atoms with E-state index in [1.807, 2.05) is 6.07 Å². The second-order valence-corrected chi connectivity index (χ2v) is 6.71. The molecule has 0 saturated heterocycles. The predicted molar refractivity (Wildman–Crippen MR) is 83.0 cm³/mol. The Hall–Kier alpha value is -1.62. The van der Waals surface area contributed by atoms with Crippen LogP contribution in [-0.2, 0) is 6.61 Å². The molecule has 2 nitrogen and oxygen atoms in total. The summed E-state index contributed by atoms with van der Waals surface area (Å²) in [4.78, 5) is 8.24. The van der Waals surface area contributed by atoms with Gasteiger partial charge in [-0.3, -0.25) is 0 Å². The van der Waals surface area contributed by atoms with Gasteiger partial charge < -0.3 is 5.11 Å². The number of aliphatic hydroxyl groups excluding tert-OH is 1. The Morgan fingerprint density at radius 2 is 1.55 bits per heavy atom. The van der Waals surface area contributed by atoms with Crippen LogP contribution in [0.1, 0.15) is 5.01 Å². The predicted octanol–water partition coefficient (Wildman–Crippen LogP) is 4.43. The second kappa shape index (κ2) is 4.74. The normalized spacial score (nSPS) is 12.2. The van der Waals surface area contributed by atoms with Crippen molar-refractivity contribution in [1.82, 2.24) is 4.98 Å². The molecule has 0 aliphatic carbocycles. The van der Waals surface area contributed by atoms with Gasteiger partial charge in [-0.2, -0.15) is 0 Å². The maximum atomic E-state index is 9.40. The van der Waals surface area contributed by atoms with Crippen molar-refractivity contribution in [2.24, 2.45) is 0 Å². The van der Waals surface area contributed by atoms with Gasteiger partial charge in [0.1, 0.15) is 5.01 Å². The van der Waals surface area contributed by atoms with E-state index >= 15 is 0 Å². The summed E-state index contributed by atoms with van der Waals surface area (Å²) >= 11 is 3.36. The molecule has 0 radical (unpaired) electrons. The molecule has 0 saturated carbocycles. The van der Waals surface area contributed by atoms with Crippen molar-refractivity contribution in [2.45, 2.75) is 16.4 Å². The first-order valence-electron chi connectivity index (χ1n) is 6.34. The molecule has 0 atom stereocenters. The highest BCUT2D eigenvalue weighted by Gasteiger charge is 2.23. The average molecular weight is 297 g/mol. The van der Waals surface area contributed by atoms with Crippen LogP contribution in [0.4, 0.5) is 0 Å². The highest BCUT2D eigenvalue weighted by molar-refractivity contribution is 7.99. The van der Waals surface area contributed by atoms with Crippen molar-refractivity contribution in [2.75, 3.05) is 0 Å². The van der Waals surface area contributed by atoms with Crippen LogP contribution >= 0.6 is 23.1 Å². The Bertz CT molecular complexity index is 732. The number of nitrogens with zero attached hydrogens (tertiary/aromatic N) is 1. The van der Waals surface area contributed by atoms with Crippen LogP contribution < -0.4 is 0 Å². The SMILES string of the molecule is OCc1nc2c(s1)-c1ccccc1Sc1ccccc1-2. The zero-order valence-electron chi connectivity index (χ0n) is 10.5. The molecule has 2 heterocycles. The highest BCUT2D eigenvalue weighted by atomic mass is 32.2. The molecule has 4 heteroatoms. The summed E-state index contributed by atoms with van der Waals surface area (Å²) in [6.45, 7) is -0.00482. The van der Waals surface area contributed by atoms with E-state index in [-0.39, 0.29) is 6.61 Å². The van der Waals surface area contributed by atoms with Crippen LogP contribution in [0.2, 0.25) is 0 Å². The number of hydrogen-bond acceptors (Lipinski definition) is 4. The van der Waals surface area contributed by atoms with Crippen LogP contribution in [0.25, 0.3) is 21.7 Å². The van der Waals surface area contributed by atoms with Crippen molar-refractivity contribution in [3.63, 3.8) is 0 Å². The molecule has 1 N–H and O–H groups in total. The first-order valence-corrected chi connectivity index (χ1v) is 7.97. The third kappa shape index (κ3) is 1.80. The fraction of sp³-hybridized carbons (Fsp3) is 0.0625. The van der Waals surface area contributed by atoms with Gasteiger partial charge in [-0.15, -0.1) is 11.3 Å². The summed E-state index contributed by atoms with van der Waals surface area (Å²) in [6.07, 6.45) is 0. The van der Waals surface area contributed by atoms with E-state index < -0.39 is 0 Å². The summed E-state index contributed by atoms with van der Waals surface area (Å²) in [5.74, 6) is 0. The van der Waals surface area contributed by atoms with Gasteiger partial charge in [0.25, 0.3) is 0 Å². The molecule has 0 unspecified atom stereocenters. The van der Waals surface area contributed by atoms with E-state index in [4.69, 9.17) is 0 Å². The minimum absolute atomic E-state index is 0.00482. The van der Waals surface area contributed by atoms with Crippen molar-refractivity contribution >= 4 is 23.1 Å². The molecule has 0 amide bonds. The molecule has 3 aromatic rings. The second-order valence-electron chi connectivity index (χ2n) is 4.54. The number of thiazole rings is 1. The molecule has 1 aliphatic rings. The van der Waals surface area contributed by atoms with Crippen LogP contribution in [0.5, 0.6) is 0 Å². The molecule has 0 fully saturated rings. The number of aromatic nitrogens is 1. The van der Waals surface area contributed by atoms with E-state index in [1.54, 1.807) is 23.1 Å². The number of aliphatic hydroxyl groups is 1. The topological polar surface area (TPSA) is 33.1 Å². The first kappa shape index (κ1) is 12.1. The standard InChI is InChI=1S/C16H11NOS2/c18-9-14-17-15-10-5-1-3-7-12(10)19-13-8-4-2-6-11(13)16(15)20-14/h1-8,18H,9H2. The van der Waals surface area contributed by atoms with Gasteiger partial charge in [0.2, 0.25) is 0 Å². The molecule has 0 spiro atoms. The van der Waals surface area contributed by atoms with Crippen LogP contribution in [0.15, 0.2) is 58.3 Å². The fourth-order valence-corrected chi connectivity index (χ4v) is 4.54. The van der Waals surface area contributed by atoms with Crippen molar-refractivity contribution in [3.8, 4) is 21.7 Å². The Labute approximate surface area is 125 Å². The van der Waals surface area contributed by atoms with Gasteiger partial charge in [-0.05, 0) is 12.1 Å². The Morgan fingerprint density at radius 3 is 2.30 bits per heavy atom. The summed E-state index contributed by atoms with van der Waals surface area (Å²) in [7, 11) is 0. The zero-order valence-corrected chi connectivity index (χ0v) is 12.2. The van der Waals surface area contributed by atoms with Crippen LogP contribution in [0, 0.1) is 0 Å². The van der Waals surface area contributed by atoms with Crippen molar-refractivity contribution in [3.05, 3.63) is 53.5 Å². The van der Waals surface area contributed by atoms with Gasteiger partial charge in [0.15, 0.2) is 0 Å². The van der Waals surface area contributed by atoms with Gasteiger partial charge >= 0.3 is 0 Å². The lowest BCUT2D eigenvalue weighted by Gasteiger charge is -2.04. The first-order chi connectivity index (χ1) is 9.86. The molecule has 0 bridgehead atoms. The summed E-state index contributed by atoms with van der Waals surface area (Å²) in [5, 5.41) is 10.2. The molecule has 98 valence electrons. The van der Waals surface area contributed by atoms with Gasteiger partial charge in [0.05, 0.1) is 17.2 Å². The number of fused-ring (bicyclic) bond motifs is 5. The maximum Gasteiger partial charge on any atom is 0.119 e. The number of benzene rings is 2. The van der Waals surface area contributed by atoms with Gasteiger partial charge in [-0.25, -0.2) is 4.98 Å². The van der Waals surface area contributed by atoms with Crippen LogP contribution in [-0.4, -0.2) is 10.1 Å². The minimum Gasteiger partial charge on any atom is -0.389 e. The molecule has 2 aromatic carbocycles. The van der Waals surface area contributed by atoms with E-state index in [0.29, 0.717) is 0 Å². The summed E-state index contributed by atoms with van der Waals surface area (Å²) < 4.78 is 0. The number of hydrogen-bond donors (Lipinski definition) is 1. The summed E-state index contributed by atoms with van der Waals surface area (Å²) in [5.41, 5.74) is 3.35. The molecule has 1 aromatic heterocycles. The largest absolute Gasteiger partial charge is 0.389 e. The zero-order chi connectivity index (χ0) is 13.5. The van der Waals surface area contributed by atoms with Crippen molar-refractivity contribution in [1.29, 1.82) is 0 Å². The molecular weight excluding hydrogens is 286 g/mol. The fourth-order valence-electron chi connectivity index (χ4n) is 2.41. The van der Waals surface area contributed by atoms with E-state index in [0.717, 1.165) is 21.1 Å². The Morgan fingerprint density at radius 1 is 0.900 bits per heavy atom. The van der Waals surface area contributed by atoms with E-state index in [2.05, 4.69) is 47.4 Å². The quantitative estimate of drug-likeness (QED) is 0.564. The number of rotatable bonds is 1. The van der Waals surface area contributed by atoms with E-state index in [1.165, 1.54) is 15.4 Å². The maximum absolute atomic E-state index is 9.40. The molecule has 20 heavy (non-hydrogen) atoms. The lowest BCUT2D eigenvalue weighted by molar-refractivity contribution is 0.281. The van der Waals surface area contributed by atoms with Gasteiger partial charge in [0, 0.05) is 20.9 Å². The average Bonchev–Trinajstić information content (AvgIpc) is 2.87. The smallest absolute Gasteiger partial charge is 0.119 e. The van der Waals surface area contributed by atoms with Gasteiger partial charge in [-0.1, -0.05) is 48.2 Å². The van der Waals surface area contributed by atoms with Crippen LogP contribution in [0.3, 0.4) is 0 Å². The lowest BCUT2D eigenvalue weighted by atomic mass is 10.1. The van der Waals surface area contributed by atoms with Crippen molar-refractivity contribution < 1.29 is 5.11 Å². The molecule has 1 aliphatic heterocycles. The Kier molecular flexibility index (Phi) is 2.88. The minimum atomic E-state index is -0.00482. The molecule has 4 rings (SSSR count).